The Morgan fingerprint density at radius 3 is 2.59 bits per heavy atom. The fourth-order valence-corrected chi connectivity index (χ4v) is 3.76. The van der Waals surface area contributed by atoms with Crippen LogP contribution >= 0.6 is 0 Å². The molecule has 1 amide bonds. The van der Waals surface area contributed by atoms with E-state index in [9.17, 15) is 18.7 Å². The van der Waals surface area contributed by atoms with E-state index in [1.54, 1.807) is 43.6 Å². The molecule has 0 bridgehead atoms. The Bertz CT molecular complexity index is 1230. The first-order valence-electron chi connectivity index (χ1n) is 10.4. The lowest BCUT2D eigenvalue weighted by molar-refractivity contribution is -0.121. The van der Waals surface area contributed by atoms with Crippen LogP contribution in [0.5, 0.6) is 5.75 Å². The van der Waals surface area contributed by atoms with Gasteiger partial charge in [0.2, 0.25) is 0 Å². The minimum Gasteiger partial charge on any atom is -0.496 e. The van der Waals surface area contributed by atoms with Gasteiger partial charge in [-0.15, -0.1) is 0 Å². The number of nitrogens with one attached hydrogen (secondary N) is 1. The number of hydrogen-bond acceptors (Lipinski definition) is 7. The Morgan fingerprint density at radius 1 is 1.18 bits per heavy atom. The number of nitrogens with zero attached hydrogens (tertiary/aromatic N) is 4. The van der Waals surface area contributed by atoms with E-state index in [2.05, 4.69) is 20.4 Å². The second-order valence-electron chi connectivity index (χ2n) is 7.94. The molecule has 2 unspecified atom stereocenters. The highest BCUT2D eigenvalue weighted by Gasteiger charge is 2.40. The van der Waals surface area contributed by atoms with Crippen molar-refractivity contribution in [2.75, 3.05) is 17.4 Å². The normalized spacial score (nSPS) is 16.9. The molecule has 1 aromatic heterocycles. The largest absolute Gasteiger partial charge is 0.496 e. The van der Waals surface area contributed by atoms with Crippen molar-refractivity contribution >= 4 is 23.0 Å². The Morgan fingerprint density at radius 2 is 1.91 bits per heavy atom. The second kappa shape index (κ2) is 9.14. The number of benzene rings is 2. The van der Waals surface area contributed by atoms with Crippen molar-refractivity contribution in [2.24, 2.45) is 11.0 Å². The number of ether oxygens (including phenoxy) is 1. The SMILES string of the molecule is COc1ccc(N2N=C(C)C(C(O)Nc3cccc(C(C)(F)F)c3)C2=O)cc1-c1cncnc1. The van der Waals surface area contributed by atoms with Crippen molar-refractivity contribution in [3.63, 3.8) is 0 Å². The number of methoxy groups -OCH3 is 1. The van der Waals surface area contributed by atoms with Crippen molar-refractivity contribution in [1.29, 1.82) is 0 Å². The van der Waals surface area contributed by atoms with Crippen LogP contribution in [-0.2, 0) is 10.7 Å². The van der Waals surface area contributed by atoms with Gasteiger partial charge in [-0.05, 0) is 37.3 Å². The lowest BCUT2D eigenvalue weighted by Gasteiger charge is -2.22. The second-order valence-corrected chi connectivity index (χ2v) is 7.94. The Labute approximate surface area is 194 Å². The quantitative estimate of drug-likeness (QED) is 0.509. The van der Waals surface area contributed by atoms with Gasteiger partial charge in [0.05, 0.1) is 18.5 Å². The lowest BCUT2D eigenvalue weighted by Crippen LogP contribution is -2.39. The molecule has 2 aromatic carbocycles. The number of alkyl halides is 2. The summed E-state index contributed by atoms with van der Waals surface area (Å²) in [6, 6.07) is 10.6. The third-order valence-corrected chi connectivity index (χ3v) is 5.48. The summed E-state index contributed by atoms with van der Waals surface area (Å²) in [6.07, 6.45) is 3.29. The van der Waals surface area contributed by atoms with Gasteiger partial charge in [0.15, 0.2) is 0 Å². The van der Waals surface area contributed by atoms with Gasteiger partial charge in [0, 0.05) is 41.7 Å². The Hall–Kier alpha value is -3.92. The molecule has 0 saturated heterocycles. The van der Waals surface area contributed by atoms with Crippen molar-refractivity contribution in [2.45, 2.75) is 26.0 Å². The molecule has 4 rings (SSSR count). The highest BCUT2D eigenvalue weighted by atomic mass is 19.3. The van der Waals surface area contributed by atoms with Gasteiger partial charge in [-0.1, -0.05) is 12.1 Å². The van der Waals surface area contributed by atoms with Crippen molar-refractivity contribution in [3.8, 4) is 16.9 Å². The van der Waals surface area contributed by atoms with Crippen LogP contribution in [0.2, 0.25) is 0 Å². The number of aromatic nitrogens is 2. The Balaban J connectivity index is 1.58. The topological polar surface area (TPSA) is 99.9 Å². The van der Waals surface area contributed by atoms with Crippen LogP contribution in [0.25, 0.3) is 11.1 Å². The maximum Gasteiger partial charge on any atom is 0.270 e. The molecule has 2 heterocycles. The highest BCUT2D eigenvalue weighted by Crippen LogP contribution is 2.35. The van der Waals surface area contributed by atoms with E-state index >= 15 is 0 Å². The van der Waals surface area contributed by atoms with Crippen LogP contribution in [0.4, 0.5) is 20.2 Å². The zero-order valence-electron chi connectivity index (χ0n) is 18.7. The molecule has 0 saturated carbocycles. The standard InChI is InChI=1S/C24H23F2N5O3/c1-14-21(22(32)29-17-6-4-5-16(9-17)24(2,25)26)23(33)31(30-14)18-7-8-20(34-3)19(10-18)15-11-27-13-28-12-15/h4-13,21-22,29,32H,1-3H3. The zero-order chi connectivity index (χ0) is 24.5. The summed E-state index contributed by atoms with van der Waals surface area (Å²) in [5.74, 6) is -3.93. The van der Waals surface area contributed by atoms with E-state index in [0.717, 1.165) is 6.92 Å². The fraction of sp³-hybridized carbons (Fsp3) is 0.250. The average Bonchev–Trinajstić information content (AvgIpc) is 3.12. The molecule has 8 nitrogen and oxygen atoms in total. The molecule has 1 aliphatic heterocycles. The molecule has 10 heteroatoms. The first kappa shape index (κ1) is 23.2. The number of aliphatic hydroxyl groups excluding tert-OH is 1. The molecule has 2 N–H and O–H groups in total. The summed E-state index contributed by atoms with van der Waals surface area (Å²) in [4.78, 5) is 21.3. The summed E-state index contributed by atoms with van der Waals surface area (Å²) >= 11 is 0. The lowest BCUT2D eigenvalue weighted by atomic mass is 10.0. The minimum atomic E-state index is -3.03. The minimum absolute atomic E-state index is 0.204. The van der Waals surface area contributed by atoms with E-state index in [1.807, 2.05) is 0 Å². The summed E-state index contributed by atoms with van der Waals surface area (Å²) < 4.78 is 32.7. The number of anilines is 2. The van der Waals surface area contributed by atoms with Crippen LogP contribution < -0.4 is 15.1 Å². The molecule has 0 fully saturated rings. The number of carbonyl (C=O) groups excluding carboxylic acids is 1. The fourth-order valence-electron chi connectivity index (χ4n) is 3.76. The molecule has 3 aromatic rings. The predicted octanol–water partition coefficient (Wildman–Crippen LogP) is 4.03. The average molecular weight is 467 g/mol. The Kier molecular flexibility index (Phi) is 6.25. The van der Waals surface area contributed by atoms with Crippen LogP contribution in [0.15, 0.2) is 66.3 Å². The van der Waals surface area contributed by atoms with Crippen molar-refractivity contribution in [1.82, 2.24) is 9.97 Å². The first-order valence-corrected chi connectivity index (χ1v) is 10.4. The number of hydrazone groups is 1. The van der Waals surface area contributed by atoms with E-state index in [0.29, 0.717) is 28.3 Å². The molecule has 34 heavy (non-hydrogen) atoms. The van der Waals surface area contributed by atoms with Gasteiger partial charge in [-0.2, -0.15) is 5.10 Å². The molecule has 2 atom stereocenters. The van der Waals surface area contributed by atoms with E-state index in [4.69, 9.17) is 4.74 Å². The highest BCUT2D eigenvalue weighted by molar-refractivity contribution is 6.15. The molecule has 0 aliphatic carbocycles. The first-order chi connectivity index (χ1) is 16.2. The van der Waals surface area contributed by atoms with Gasteiger partial charge in [-0.25, -0.2) is 23.8 Å². The summed E-state index contributed by atoms with van der Waals surface area (Å²) in [5, 5.41) is 19.0. The number of amides is 1. The van der Waals surface area contributed by atoms with Gasteiger partial charge < -0.3 is 15.2 Å². The smallest absolute Gasteiger partial charge is 0.270 e. The zero-order valence-corrected chi connectivity index (χ0v) is 18.7. The number of halogens is 2. The van der Waals surface area contributed by atoms with Crippen molar-refractivity contribution < 1.29 is 23.4 Å². The number of rotatable bonds is 7. The molecule has 176 valence electrons. The molecular weight excluding hydrogens is 444 g/mol. The molecular formula is C24H23F2N5O3. The summed E-state index contributed by atoms with van der Waals surface area (Å²) in [6.45, 7) is 2.42. The molecule has 0 radical (unpaired) electrons. The predicted molar refractivity (Wildman–Crippen MR) is 124 cm³/mol. The molecule has 0 spiro atoms. The van der Waals surface area contributed by atoms with Crippen LogP contribution in [0, 0.1) is 5.92 Å². The summed E-state index contributed by atoms with van der Waals surface area (Å²) in [7, 11) is 1.53. The number of aliphatic hydroxyl groups is 1. The van der Waals surface area contributed by atoms with E-state index in [1.165, 1.54) is 36.6 Å². The van der Waals surface area contributed by atoms with Gasteiger partial charge in [0.25, 0.3) is 11.8 Å². The van der Waals surface area contributed by atoms with Gasteiger partial charge in [0.1, 0.15) is 24.2 Å². The van der Waals surface area contributed by atoms with Gasteiger partial charge >= 0.3 is 0 Å². The summed E-state index contributed by atoms with van der Waals surface area (Å²) in [5.41, 5.74) is 2.26. The van der Waals surface area contributed by atoms with Crippen LogP contribution in [0.3, 0.4) is 0 Å². The maximum atomic E-state index is 13.7. The third kappa shape index (κ3) is 4.58. The van der Waals surface area contributed by atoms with Crippen molar-refractivity contribution in [3.05, 3.63) is 66.7 Å². The number of hydrogen-bond donors (Lipinski definition) is 2. The maximum absolute atomic E-state index is 13.7. The third-order valence-electron chi connectivity index (χ3n) is 5.48. The van der Waals surface area contributed by atoms with Crippen LogP contribution in [-0.4, -0.2) is 40.0 Å². The van der Waals surface area contributed by atoms with E-state index < -0.39 is 24.0 Å². The van der Waals surface area contributed by atoms with Crippen LogP contribution in [0.1, 0.15) is 19.4 Å². The monoisotopic (exact) mass is 467 g/mol. The van der Waals surface area contributed by atoms with E-state index in [-0.39, 0.29) is 11.3 Å². The molecule has 1 aliphatic rings. The van der Waals surface area contributed by atoms with Gasteiger partial charge in [-0.3, -0.25) is 4.79 Å². The number of carbonyl (C=O) groups is 1.